The van der Waals surface area contributed by atoms with Gasteiger partial charge in [-0.2, -0.15) is 0 Å². The van der Waals surface area contributed by atoms with Gasteiger partial charge in [-0.25, -0.2) is 0 Å². The predicted octanol–water partition coefficient (Wildman–Crippen LogP) is 2.85. The summed E-state index contributed by atoms with van der Waals surface area (Å²) in [6.45, 7) is 0. The van der Waals surface area contributed by atoms with E-state index >= 15 is 0 Å². The normalized spacial score (nSPS) is 8.45. The van der Waals surface area contributed by atoms with Gasteiger partial charge in [0, 0.05) is 9.85 Å². The molecule has 0 spiro atoms. The predicted molar refractivity (Wildman–Crippen MR) is 83.2 cm³/mol. The molecular formula is C14H17N3O5. The molecule has 0 saturated heterocycles. The lowest BCUT2D eigenvalue weighted by Gasteiger charge is -2.07. The number of rotatable bonds is 2. The minimum Gasteiger partial charge on any atom is -0.455 e. The summed E-state index contributed by atoms with van der Waals surface area (Å²) in [5.74, 6) is 1.49. The monoisotopic (exact) mass is 307 g/mol. The van der Waals surface area contributed by atoms with E-state index in [2.05, 4.69) is 0 Å². The van der Waals surface area contributed by atoms with Crippen molar-refractivity contribution in [2.45, 2.75) is 0 Å². The molecule has 0 unspecified atom stereocenters. The van der Waals surface area contributed by atoms with E-state index in [1.165, 1.54) is 0 Å². The number of nitrogens with two attached hydrogens (primary N) is 1. The zero-order valence-electron chi connectivity index (χ0n) is 12.2. The number of para-hydroxylation sites is 3. The molecule has 0 heterocycles. The summed E-state index contributed by atoms with van der Waals surface area (Å²) < 4.78 is 5.58. The molecule has 0 bridgehead atoms. The number of anilines is 1. The van der Waals surface area contributed by atoms with Crippen molar-refractivity contribution in [3.63, 3.8) is 0 Å². The van der Waals surface area contributed by atoms with Crippen LogP contribution in [0.15, 0.2) is 54.6 Å². The molecule has 2 aromatic rings. The molecule has 22 heavy (non-hydrogen) atoms. The van der Waals surface area contributed by atoms with E-state index in [4.69, 9.17) is 30.7 Å². The number of nitro groups is 2. The second-order valence-electron chi connectivity index (χ2n) is 3.83. The van der Waals surface area contributed by atoms with Gasteiger partial charge in [0.1, 0.15) is 11.5 Å². The summed E-state index contributed by atoms with van der Waals surface area (Å²) in [5, 5.41) is 17.6. The van der Waals surface area contributed by atoms with Crippen molar-refractivity contribution in [2.24, 2.45) is 0 Å². The Morgan fingerprint density at radius 2 is 1.27 bits per heavy atom. The quantitative estimate of drug-likeness (QED) is 0.517. The van der Waals surface area contributed by atoms with Gasteiger partial charge in [0.05, 0.1) is 5.69 Å². The molecule has 118 valence electrons. The molecule has 0 atom stereocenters. The van der Waals surface area contributed by atoms with E-state index in [0.29, 0.717) is 11.4 Å². The van der Waals surface area contributed by atoms with Crippen LogP contribution in [0.2, 0.25) is 0 Å². The lowest BCUT2D eigenvalue weighted by molar-refractivity contribution is -0.445. The zero-order valence-corrected chi connectivity index (χ0v) is 12.2. The minimum absolute atomic E-state index is 0.500. The van der Waals surface area contributed by atoms with Crippen molar-refractivity contribution < 1.29 is 14.6 Å². The molecule has 0 amide bonds. The van der Waals surface area contributed by atoms with Gasteiger partial charge in [-0.15, -0.1) is 0 Å². The van der Waals surface area contributed by atoms with Crippen molar-refractivity contribution >= 4 is 5.69 Å². The van der Waals surface area contributed by atoms with Crippen LogP contribution < -0.4 is 10.5 Å². The van der Waals surface area contributed by atoms with Gasteiger partial charge in [0.2, 0.25) is 0 Å². The van der Waals surface area contributed by atoms with Crippen LogP contribution in [0.1, 0.15) is 0 Å². The third kappa shape index (κ3) is 10.7. The number of benzene rings is 2. The SMILES string of the molecule is C[N+](=O)[O-].C[N+](=O)[O-].Nc1ccccc1Oc1ccccc1. The Kier molecular flexibility index (Phi) is 9.08. The molecule has 8 heteroatoms. The van der Waals surface area contributed by atoms with Crippen LogP contribution in [0, 0.1) is 20.2 Å². The van der Waals surface area contributed by atoms with Crippen LogP contribution >= 0.6 is 0 Å². The van der Waals surface area contributed by atoms with Gasteiger partial charge in [-0.1, -0.05) is 30.3 Å². The smallest absolute Gasteiger partial charge is 0.194 e. The number of nitrogen functional groups attached to an aromatic ring is 1. The van der Waals surface area contributed by atoms with E-state index in [1.807, 2.05) is 54.6 Å². The van der Waals surface area contributed by atoms with Gasteiger partial charge >= 0.3 is 0 Å². The van der Waals surface area contributed by atoms with Crippen LogP contribution in [0.3, 0.4) is 0 Å². The van der Waals surface area contributed by atoms with Crippen LogP contribution in [-0.2, 0) is 0 Å². The lowest BCUT2D eigenvalue weighted by Crippen LogP contribution is -1.90. The van der Waals surface area contributed by atoms with E-state index in [0.717, 1.165) is 19.8 Å². The highest BCUT2D eigenvalue weighted by Crippen LogP contribution is 2.26. The largest absolute Gasteiger partial charge is 0.455 e. The first-order chi connectivity index (χ1) is 10.3. The van der Waals surface area contributed by atoms with Crippen molar-refractivity contribution in [3.05, 3.63) is 74.8 Å². The molecule has 2 N–H and O–H groups in total. The molecule has 0 saturated carbocycles. The molecule has 2 aromatic carbocycles. The fraction of sp³-hybridized carbons (Fsp3) is 0.143. The Hall–Kier alpha value is -3.16. The van der Waals surface area contributed by atoms with E-state index in [-0.39, 0.29) is 0 Å². The summed E-state index contributed by atoms with van der Waals surface area (Å²) in [7, 11) is 1.78. The second-order valence-corrected chi connectivity index (χ2v) is 3.83. The van der Waals surface area contributed by atoms with Gasteiger partial charge < -0.3 is 10.5 Å². The summed E-state index contributed by atoms with van der Waals surface area (Å²) in [5.41, 5.74) is 6.39. The minimum atomic E-state index is -0.500. The van der Waals surface area contributed by atoms with Crippen LogP contribution in [-0.4, -0.2) is 23.9 Å². The molecule has 0 aliphatic rings. The Balaban J connectivity index is 0.000000464. The van der Waals surface area contributed by atoms with Gasteiger partial charge in [0.15, 0.2) is 14.1 Å². The molecular weight excluding hydrogens is 290 g/mol. The van der Waals surface area contributed by atoms with E-state index < -0.39 is 9.85 Å². The summed E-state index contributed by atoms with van der Waals surface area (Å²) in [4.78, 5) is 16.6. The molecule has 2 rings (SSSR count). The first-order valence-electron chi connectivity index (χ1n) is 6.06. The number of hydrogen-bond acceptors (Lipinski definition) is 6. The fourth-order valence-electron chi connectivity index (χ4n) is 1.19. The summed E-state index contributed by atoms with van der Waals surface area (Å²) in [6.07, 6.45) is 0. The van der Waals surface area contributed by atoms with Gasteiger partial charge in [-0.3, -0.25) is 20.2 Å². The van der Waals surface area contributed by atoms with Crippen LogP contribution in [0.25, 0.3) is 0 Å². The van der Waals surface area contributed by atoms with Crippen molar-refractivity contribution in [1.82, 2.24) is 0 Å². The molecule has 0 fully saturated rings. The topological polar surface area (TPSA) is 122 Å². The van der Waals surface area contributed by atoms with Crippen molar-refractivity contribution in [2.75, 3.05) is 19.8 Å². The summed E-state index contributed by atoms with van der Waals surface area (Å²) >= 11 is 0. The molecule has 0 radical (unpaired) electrons. The standard InChI is InChI=1S/C12H11NO.2CH3NO2/c13-11-8-4-5-9-12(11)14-10-6-2-1-3-7-10;2*1-2(3)4/h1-9H,13H2;2*1H3. The Morgan fingerprint density at radius 1 is 0.864 bits per heavy atom. The van der Waals surface area contributed by atoms with Crippen molar-refractivity contribution in [3.8, 4) is 11.5 Å². The van der Waals surface area contributed by atoms with Crippen LogP contribution in [0.4, 0.5) is 5.69 Å². The van der Waals surface area contributed by atoms with Gasteiger partial charge in [-0.05, 0) is 24.3 Å². The first kappa shape index (κ1) is 18.8. The third-order valence-electron chi connectivity index (χ3n) is 1.89. The lowest BCUT2D eigenvalue weighted by atomic mass is 10.3. The Morgan fingerprint density at radius 3 is 1.73 bits per heavy atom. The Labute approximate surface area is 127 Å². The maximum atomic E-state index is 8.81. The molecule has 8 nitrogen and oxygen atoms in total. The number of nitrogens with zero attached hydrogens (tertiary/aromatic N) is 2. The highest BCUT2D eigenvalue weighted by atomic mass is 16.6. The first-order valence-corrected chi connectivity index (χ1v) is 6.06. The molecule has 0 aromatic heterocycles. The highest BCUT2D eigenvalue weighted by Gasteiger charge is 1.98. The van der Waals surface area contributed by atoms with Gasteiger partial charge in [0.25, 0.3) is 0 Å². The van der Waals surface area contributed by atoms with Crippen molar-refractivity contribution in [1.29, 1.82) is 0 Å². The third-order valence-corrected chi connectivity index (χ3v) is 1.89. The average molecular weight is 307 g/mol. The zero-order chi connectivity index (χ0) is 17.0. The maximum absolute atomic E-state index is 8.81. The van der Waals surface area contributed by atoms with E-state index in [1.54, 1.807) is 0 Å². The Bertz CT molecular complexity index is 570. The average Bonchev–Trinajstić information content (AvgIpc) is 2.41. The number of ether oxygens (including phenoxy) is 1. The summed E-state index contributed by atoms with van der Waals surface area (Å²) in [6, 6.07) is 17.0. The second kappa shape index (κ2) is 10.6. The molecule has 0 aliphatic heterocycles. The fourth-order valence-corrected chi connectivity index (χ4v) is 1.19. The van der Waals surface area contributed by atoms with Crippen LogP contribution in [0.5, 0.6) is 11.5 Å². The maximum Gasteiger partial charge on any atom is 0.194 e. The molecule has 0 aliphatic carbocycles. The van der Waals surface area contributed by atoms with E-state index in [9.17, 15) is 0 Å². The number of hydrogen-bond donors (Lipinski definition) is 1. The highest BCUT2D eigenvalue weighted by molar-refractivity contribution is 5.53.